The Morgan fingerprint density at radius 2 is 2.05 bits per heavy atom. The van der Waals surface area contributed by atoms with E-state index in [0.717, 1.165) is 5.56 Å². The fraction of sp³-hybridized carbons (Fsp3) is 0.615. The van der Waals surface area contributed by atoms with Gasteiger partial charge in [0.1, 0.15) is 12.3 Å². The SMILES string of the molecule is CCC(C)N(CC(=O)O)C(=O)Cc1c(C)noc1C. The molecule has 6 nitrogen and oxygen atoms in total. The minimum Gasteiger partial charge on any atom is -0.480 e. The maximum absolute atomic E-state index is 12.2. The summed E-state index contributed by atoms with van der Waals surface area (Å²) in [4.78, 5) is 24.5. The minimum atomic E-state index is -1.01. The normalized spacial score (nSPS) is 12.2. The number of aryl methyl sites for hydroxylation is 2. The number of carbonyl (C=O) groups is 2. The molecule has 0 aliphatic heterocycles. The molecule has 1 atom stereocenters. The van der Waals surface area contributed by atoms with Crippen molar-refractivity contribution in [2.75, 3.05) is 6.54 Å². The van der Waals surface area contributed by atoms with Crippen LogP contribution in [0.15, 0.2) is 4.52 Å². The van der Waals surface area contributed by atoms with Crippen LogP contribution in [0, 0.1) is 13.8 Å². The zero-order chi connectivity index (χ0) is 14.6. The van der Waals surface area contributed by atoms with Crippen molar-refractivity contribution in [1.29, 1.82) is 0 Å². The largest absolute Gasteiger partial charge is 0.480 e. The topological polar surface area (TPSA) is 83.6 Å². The van der Waals surface area contributed by atoms with Gasteiger partial charge >= 0.3 is 5.97 Å². The molecule has 0 radical (unpaired) electrons. The second-order valence-electron chi connectivity index (χ2n) is 4.65. The third kappa shape index (κ3) is 3.81. The molecule has 1 aromatic rings. The van der Waals surface area contributed by atoms with Crippen LogP contribution in [0.25, 0.3) is 0 Å². The van der Waals surface area contributed by atoms with Gasteiger partial charge in [0, 0.05) is 11.6 Å². The number of carboxylic acids is 1. The predicted molar refractivity (Wildman–Crippen MR) is 68.8 cm³/mol. The minimum absolute atomic E-state index is 0.107. The van der Waals surface area contributed by atoms with Crippen LogP contribution in [-0.2, 0) is 16.0 Å². The van der Waals surface area contributed by atoms with E-state index in [-0.39, 0.29) is 24.9 Å². The lowest BCUT2D eigenvalue weighted by Gasteiger charge is -2.27. The molecular weight excluding hydrogens is 248 g/mol. The van der Waals surface area contributed by atoms with Crippen molar-refractivity contribution in [3.8, 4) is 0 Å². The smallest absolute Gasteiger partial charge is 0.323 e. The summed E-state index contributed by atoms with van der Waals surface area (Å²) in [6.45, 7) is 6.99. The highest BCUT2D eigenvalue weighted by atomic mass is 16.5. The Labute approximate surface area is 112 Å². The number of carbonyl (C=O) groups excluding carboxylic acids is 1. The highest BCUT2D eigenvalue weighted by Crippen LogP contribution is 2.15. The Hall–Kier alpha value is -1.85. The molecule has 106 valence electrons. The van der Waals surface area contributed by atoms with E-state index < -0.39 is 5.97 Å². The molecule has 1 heterocycles. The zero-order valence-electron chi connectivity index (χ0n) is 11.8. The molecule has 0 saturated heterocycles. The molecule has 0 fully saturated rings. The molecule has 1 aromatic heterocycles. The van der Waals surface area contributed by atoms with E-state index >= 15 is 0 Å². The van der Waals surface area contributed by atoms with Crippen LogP contribution in [-0.4, -0.2) is 39.6 Å². The van der Waals surface area contributed by atoms with Crippen LogP contribution >= 0.6 is 0 Å². The fourth-order valence-electron chi connectivity index (χ4n) is 1.86. The van der Waals surface area contributed by atoms with Gasteiger partial charge in [-0.3, -0.25) is 9.59 Å². The number of hydrogen-bond acceptors (Lipinski definition) is 4. The van der Waals surface area contributed by atoms with Gasteiger partial charge < -0.3 is 14.5 Å². The number of rotatable bonds is 6. The van der Waals surface area contributed by atoms with Gasteiger partial charge in [0.2, 0.25) is 5.91 Å². The summed E-state index contributed by atoms with van der Waals surface area (Å²) in [5.74, 6) is -0.621. The standard InChI is InChI=1S/C13H20N2O4/c1-5-8(2)15(7-13(17)18)12(16)6-11-9(3)14-19-10(11)4/h8H,5-7H2,1-4H3,(H,17,18). The molecule has 1 N–H and O–H groups in total. The van der Waals surface area contributed by atoms with Crippen molar-refractivity contribution in [2.45, 2.75) is 46.6 Å². The van der Waals surface area contributed by atoms with Gasteiger partial charge in [0.25, 0.3) is 0 Å². The molecule has 19 heavy (non-hydrogen) atoms. The van der Waals surface area contributed by atoms with Crippen LogP contribution in [0.3, 0.4) is 0 Å². The van der Waals surface area contributed by atoms with E-state index in [1.54, 1.807) is 13.8 Å². The maximum Gasteiger partial charge on any atom is 0.323 e. The van der Waals surface area contributed by atoms with Crippen LogP contribution in [0.4, 0.5) is 0 Å². The van der Waals surface area contributed by atoms with Crippen molar-refractivity contribution >= 4 is 11.9 Å². The number of carboxylic acid groups (broad SMARTS) is 1. The van der Waals surface area contributed by atoms with E-state index in [1.807, 2.05) is 13.8 Å². The van der Waals surface area contributed by atoms with Crippen molar-refractivity contribution in [3.05, 3.63) is 17.0 Å². The Bertz CT molecular complexity index is 448. The average Bonchev–Trinajstić information content (AvgIpc) is 2.66. The summed E-state index contributed by atoms with van der Waals surface area (Å²) in [6, 6.07) is -0.107. The molecule has 0 spiro atoms. The third-order valence-corrected chi connectivity index (χ3v) is 3.26. The van der Waals surface area contributed by atoms with Crippen molar-refractivity contribution in [2.24, 2.45) is 0 Å². The summed E-state index contributed by atoms with van der Waals surface area (Å²) >= 11 is 0. The summed E-state index contributed by atoms with van der Waals surface area (Å²) in [6.07, 6.45) is 0.833. The Morgan fingerprint density at radius 3 is 2.47 bits per heavy atom. The first kappa shape index (κ1) is 15.2. The van der Waals surface area contributed by atoms with E-state index in [4.69, 9.17) is 9.63 Å². The fourth-order valence-corrected chi connectivity index (χ4v) is 1.86. The Balaban J connectivity index is 2.85. The number of hydrogen-bond donors (Lipinski definition) is 1. The van der Waals surface area contributed by atoms with E-state index in [9.17, 15) is 9.59 Å². The first-order valence-electron chi connectivity index (χ1n) is 6.29. The highest BCUT2D eigenvalue weighted by Gasteiger charge is 2.23. The van der Waals surface area contributed by atoms with E-state index in [0.29, 0.717) is 17.9 Å². The van der Waals surface area contributed by atoms with Crippen molar-refractivity contribution < 1.29 is 19.2 Å². The average molecular weight is 268 g/mol. The summed E-state index contributed by atoms with van der Waals surface area (Å²) in [7, 11) is 0. The van der Waals surface area contributed by atoms with Crippen LogP contribution in [0.2, 0.25) is 0 Å². The predicted octanol–water partition coefficient (Wildman–Crippen LogP) is 1.55. The first-order valence-corrected chi connectivity index (χ1v) is 6.29. The molecule has 0 saturated carbocycles. The molecule has 1 unspecified atom stereocenters. The number of nitrogens with zero attached hydrogens (tertiary/aromatic N) is 2. The van der Waals surface area contributed by atoms with Gasteiger partial charge in [-0.25, -0.2) is 0 Å². The third-order valence-electron chi connectivity index (χ3n) is 3.26. The molecule has 1 rings (SSSR count). The van der Waals surface area contributed by atoms with Crippen LogP contribution in [0.1, 0.15) is 37.3 Å². The van der Waals surface area contributed by atoms with Crippen molar-refractivity contribution in [1.82, 2.24) is 10.1 Å². The number of aliphatic carboxylic acids is 1. The van der Waals surface area contributed by atoms with Gasteiger partial charge in [-0.2, -0.15) is 0 Å². The van der Waals surface area contributed by atoms with Gasteiger partial charge in [-0.1, -0.05) is 12.1 Å². The van der Waals surface area contributed by atoms with Crippen molar-refractivity contribution in [3.63, 3.8) is 0 Å². The van der Waals surface area contributed by atoms with Gasteiger partial charge in [-0.05, 0) is 27.2 Å². The molecule has 0 aromatic carbocycles. The van der Waals surface area contributed by atoms with Gasteiger partial charge in [0.15, 0.2) is 0 Å². The number of aromatic nitrogens is 1. The van der Waals surface area contributed by atoms with Gasteiger partial charge in [-0.15, -0.1) is 0 Å². The number of amides is 1. The highest BCUT2D eigenvalue weighted by molar-refractivity contribution is 5.83. The second kappa shape index (κ2) is 6.36. The molecule has 0 aliphatic rings. The Morgan fingerprint density at radius 1 is 1.42 bits per heavy atom. The first-order chi connectivity index (χ1) is 8.86. The van der Waals surface area contributed by atoms with Crippen LogP contribution in [0.5, 0.6) is 0 Å². The van der Waals surface area contributed by atoms with E-state index in [2.05, 4.69) is 5.16 Å². The summed E-state index contributed by atoms with van der Waals surface area (Å²) in [5.41, 5.74) is 1.41. The monoisotopic (exact) mass is 268 g/mol. The summed E-state index contributed by atoms with van der Waals surface area (Å²) < 4.78 is 5.01. The lowest BCUT2D eigenvalue weighted by Crippen LogP contribution is -2.42. The Kier molecular flexibility index (Phi) is 5.09. The molecule has 0 bridgehead atoms. The molecular formula is C13H20N2O4. The molecule has 1 amide bonds. The lowest BCUT2D eigenvalue weighted by molar-refractivity contribution is -0.145. The zero-order valence-corrected chi connectivity index (χ0v) is 11.8. The molecule has 6 heteroatoms. The molecule has 0 aliphatic carbocycles. The summed E-state index contributed by atoms with van der Waals surface area (Å²) in [5, 5.41) is 12.7. The lowest BCUT2D eigenvalue weighted by atomic mass is 10.1. The quantitative estimate of drug-likeness (QED) is 0.846. The second-order valence-corrected chi connectivity index (χ2v) is 4.65. The maximum atomic E-state index is 12.2. The van der Waals surface area contributed by atoms with Gasteiger partial charge in [0.05, 0.1) is 12.1 Å². The van der Waals surface area contributed by atoms with E-state index in [1.165, 1.54) is 4.90 Å². The van der Waals surface area contributed by atoms with Crippen LogP contribution < -0.4 is 0 Å².